The highest BCUT2D eigenvalue weighted by atomic mass is 127. The number of hydrogen-bond donors (Lipinski definition) is 0. The second-order valence-electron chi connectivity index (χ2n) is 6.79. The number of hydrogen-bond acceptors (Lipinski definition) is 6. The highest BCUT2D eigenvalue weighted by Crippen LogP contribution is 2.38. The van der Waals surface area contributed by atoms with E-state index in [1.807, 2.05) is 0 Å². The van der Waals surface area contributed by atoms with Gasteiger partial charge in [0.25, 0.3) is 0 Å². The Bertz CT molecular complexity index is 868. The number of alkyl halides is 5. The van der Waals surface area contributed by atoms with E-state index in [2.05, 4.69) is 4.74 Å². The van der Waals surface area contributed by atoms with E-state index >= 15 is 0 Å². The number of aliphatic carboxylic acids is 1. The standard InChI is InChI=1S/C18H15F5I2O6/c19-17(20,15(27)28)13(8-4-2-1-3-5-8)31-14(26)10-6-9(24)7-11(25)12(10)30-16(29)18(21,22)23/h6-8,13H,1-5H2,(H,27,28)/p-1. The number of carboxylic acid groups (broad SMARTS) is 1. The molecule has 1 aliphatic rings. The van der Waals surface area contributed by atoms with E-state index < -0.39 is 53.3 Å². The lowest BCUT2D eigenvalue weighted by molar-refractivity contribution is -0.337. The van der Waals surface area contributed by atoms with Gasteiger partial charge in [0.15, 0.2) is 11.9 Å². The Morgan fingerprint density at radius 2 is 1.61 bits per heavy atom. The Morgan fingerprint density at radius 3 is 2.13 bits per heavy atom. The van der Waals surface area contributed by atoms with E-state index in [1.54, 1.807) is 22.6 Å². The summed E-state index contributed by atoms with van der Waals surface area (Å²) in [7, 11) is 0. The summed E-state index contributed by atoms with van der Waals surface area (Å²) in [6.07, 6.45) is -5.68. The van der Waals surface area contributed by atoms with Crippen molar-refractivity contribution in [2.24, 2.45) is 5.92 Å². The molecule has 1 aromatic carbocycles. The molecule has 1 aromatic rings. The van der Waals surface area contributed by atoms with Gasteiger partial charge in [0.2, 0.25) is 0 Å². The van der Waals surface area contributed by atoms with E-state index in [9.17, 15) is 41.4 Å². The van der Waals surface area contributed by atoms with Crippen molar-refractivity contribution in [1.29, 1.82) is 0 Å². The summed E-state index contributed by atoms with van der Waals surface area (Å²) in [5.41, 5.74) is -0.719. The second-order valence-corrected chi connectivity index (χ2v) is 9.19. The Kier molecular flexibility index (Phi) is 8.49. The molecule has 2 rings (SSSR count). The molecule has 0 amide bonds. The number of esters is 2. The van der Waals surface area contributed by atoms with Gasteiger partial charge in [0.1, 0.15) is 11.5 Å². The van der Waals surface area contributed by atoms with Gasteiger partial charge in [-0.2, -0.15) is 22.0 Å². The van der Waals surface area contributed by atoms with Gasteiger partial charge in [0, 0.05) is 9.49 Å². The monoisotopic (exact) mass is 675 g/mol. The van der Waals surface area contributed by atoms with Crippen molar-refractivity contribution in [3.8, 4) is 5.75 Å². The van der Waals surface area contributed by atoms with Crippen molar-refractivity contribution in [2.45, 2.75) is 50.3 Å². The molecule has 0 aliphatic heterocycles. The van der Waals surface area contributed by atoms with Crippen molar-refractivity contribution in [3.63, 3.8) is 0 Å². The van der Waals surface area contributed by atoms with Crippen LogP contribution < -0.4 is 9.84 Å². The average molecular weight is 675 g/mol. The fourth-order valence-electron chi connectivity index (χ4n) is 3.16. The van der Waals surface area contributed by atoms with Gasteiger partial charge in [-0.15, -0.1) is 0 Å². The van der Waals surface area contributed by atoms with Crippen LogP contribution in [0.15, 0.2) is 12.1 Å². The number of benzene rings is 1. The summed E-state index contributed by atoms with van der Waals surface area (Å²) in [6, 6.07) is 2.27. The zero-order chi connectivity index (χ0) is 23.6. The zero-order valence-electron chi connectivity index (χ0n) is 15.4. The Balaban J connectivity index is 2.43. The molecule has 0 heterocycles. The maximum atomic E-state index is 14.3. The van der Waals surface area contributed by atoms with Gasteiger partial charge in [-0.1, -0.05) is 19.3 Å². The van der Waals surface area contributed by atoms with Gasteiger partial charge < -0.3 is 19.4 Å². The molecule has 0 spiro atoms. The first-order valence-electron chi connectivity index (χ1n) is 8.83. The number of carbonyl (C=O) groups is 3. The number of halogens is 7. The summed E-state index contributed by atoms with van der Waals surface area (Å²) in [5, 5.41) is 11.0. The van der Waals surface area contributed by atoms with Gasteiger partial charge in [-0.25, -0.2) is 9.59 Å². The summed E-state index contributed by atoms with van der Waals surface area (Å²) < 4.78 is 75.8. The van der Waals surface area contributed by atoms with Crippen LogP contribution in [0.25, 0.3) is 0 Å². The molecule has 31 heavy (non-hydrogen) atoms. The fourth-order valence-corrected chi connectivity index (χ4v) is 5.12. The minimum absolute atomic E-state index is 0.0880. The maximum Gasteiger partial charge on any atom is 0.491 e. The number of ether oxygens (including phenoxy) is 2. The van der Waals surface area contributed by atoms with Crippen LogP contribution >= 0.6 is 45.2 Å². The Labute approximate surface area is 200 Å². The first-order valence-corrected chi connectivity index (χ1v) is 11.0. The van der Waals surface area contributed by atoms with Crippen molar-refractivity contribution >= 4 is 63.1 Å². The highest BCUT2D eigenvalue weighted by Gasteiger charge is 2.49. The van der Waals surface area contributed by atoms with Crippen LogP contribution in [0.3, 0.4) is 0 Å². The SMILES string of the molecule is O=C(OC(C1CCCCC1)C(F)(F)C(=O)[O-])c1cc(I)cc(I)c1OC(=O)C(F)(F)F. The van der Waals surface area contributed by atoms with Crippen molar-refractivity contribution in [3.05, 3.63) is 24.8 Å². The third kappa shape index (κ3) is 6.38. The van der Waals surface area contributed by atoms with Crippen LogP contribution in [-0.4, -0.2) is 36.1 Å². The maximum absolute atomic E-state index is 14.3. The van der Waals surface area contributed by atoms with Gasteiger partial charge in [-0.05, 0) is 70.2 Å². The molecule has 6 nitrogen and oxygen atoms in total. The Hall–Kier alpha value is -1.26. The molecule has 172 valence electrons. The van der Waals surface area contributed by atoms with Gasteiger partial charge >= 0.3 is 24.0 Å². The van der Waals surface area contributed by atoms with Crippen LogP contribution in [-0.2, 0) is 14.3 Å². The molecule has 1 unspecified atom stereocenters. The summed E-state index contributed by atoms with van der Waals surface area (Å²) >= 11 is 3.21. The molecule has 0 aromatic heterocycles. The lowest BCUT2D eigenvalue weighted by Crippen LogP contribution is -2.54. The van der Waals surface area contributed by atoms with Crippen molar-refractivity contribution < 1.29 is 50.9 Å². The van der Waals surface area contributed by atoms with Crippen LogP contribution in [0, 0.1) is 13.1 Å². The third-order valence-electron chi connectivity index (χ3n) is 4.60. The van der Waals surface area contributed by atoms with Gasteiger partial charge in [-0.3, -0.25) is 0 Å². The highest BCUT2D eigenvalue weighted by molar-refractivity contribution is 14.1. The molecular weight excluding hydrogens is 661 g/mol. The first-order chi connectivity index (χ1) is 14.2. The molecule has 1 fully saturated rings. The van der Waals surface area contributed by atoms with E-state index in [-0.39, 0.29) is 16.4 Å². The first kappa shape index (κ1) is 26.0. The quantitative estimate of drug-likeness (QED) is 0.197. The zero-order valence-corrected chi connectivity index (χ0v) is 19.8. The second kappa shape index (κ2) is 10.1. The summed E-state index contributed by atoms with van der Waals surface area (Å²) in [5.74, 6) is -13.3. The Morgan fingerprint density at radius 1 is 1.03 bits per heavy atom. The molecule has 0 bridgehead atoms. The van der Waals surface area contributed by atoms with Crippen LogP contribution in [0.4, 0.5) is 22.0 Å². The largest absolute Gasteiger partial charge is 0.544 e. The predicted octanol–water partition coefficient (Wildman–Crippen LogP) is 3.85. The molecule has 0 N–H and O–H groups in total. The van der Waals surface area contributed by atoms with Crippen molar-refractivity contribution in [1.82, 2.24) is 0 Å². The molecule has 0 radical (unpaired) electrons. The molecule has 0 saturated heterocycles. The lowest BCUT2D eigenvalue weighted by atomic mass is 9.83. The third-order valence-corrected chi connectivity index (χ3v) is 6.02. The van der Waals surface area contributed by atoms with Crippen molar-refractivity contribution in [2.75, 3.05) is 0 Å². The summed E-state index contributed by atoms with van der Waals surface area (Å²) in [6.45, 7) is 0. The van der Waals surface area contributed by atoms with Crippen LogP contribution in [0.2, 0.25) is 0 Å². The van der Waals surface area contributed by atoms with Gasteiger partial charge in [0.05, 0.1) is 3.57 Å². The van der Waals surface area contributed by atoms with Crippen LogP contribution in [0.5, 0.6) is 5.75 Å². The molecule has 1 saturated carbocycles. The molecule has 1 aliphatic carbocycles. The minimum Gasteiger partial charge on any atom is -0.544 e. The smallest absolute Gasteiger partial charge is 0.491 e. The molecule has 1 atom stereocenters. The number of carboxylic acids is 1. The lowest BCUT2D eigenvalue weighted by Gasteiger charge is -2.35. The van der Waals surface area contributed by atoms with Crippen LogP contribution in [0.1, 0.15) is 42.5 Å². The predicted molar refractivity (Wildman–Crippen MR) is 109 cm³/mol. The normalized spacial score (nSPS) is 16.5. The van der Waals surface area contributed by atoms with E-state index in [1.165, 1.54) is 28.7 Å². The molecular formula is C18H14F5I2O6-. The topological polar surface area (TPSA) is 92.7 Å². The van der Waals surface area contributed by atoms with E-state index in [4.69, 9.17) is 4.74 Å². The average Bonchev–Trinajstić information content (AvgIpc) is 2.67. The van der Waals surface area contributed by atoms with E-state index in [0.717, 1.165) is 12.5 Å². The fraction of sp³-hybridized carbons (Fsp3) is 0.500. The van der Waals surface area contributed by atoms with E-state index in [0.29, 0.717) is 16.4 Å². The number of carbonyl (C=O) groups excluding carboxylic acids is 3. The summed E-state index contributed by atoms with van der Waals surface area (Å²) in [4.78, 5) is 34.9. The minimum atomic E-state index is -5.38. The number of rotatable bonds is 6. The molecule has 13 heteroatoms.